The Balaban J connectivity index is 2.68. The fourth-order valence-electron chi connectivity index (χ4n) is 1.76. The summed E-state index contributed by atoms with van der Waals surface area (Å²) >= 11 is 1.01. The Morgan fingerprint density at radius 1 is 1.39 bits per heavy atom. The van der Waals surface area contributed by atoms with Gasteiger partial charge in [-0.05, 0) is 31.5 Å². The number of thiophene rings is 1. The number of carboxylic acids is 1. The van der Waals surface area contributed by atoms with Crippen molar-refractivity contribution in [2.24, 2.45) is 0 Å². The molecule has 0 spiro atoms. The molecule has 0 saturated carbocycles. The quantitative estimate of drug-likeness (QED) is 0.874. The van der Waals surface area contributed by atoms with E-state index in [9.17, 15) is 9.18 Å². The summed E-state index contributed by atoms with van der Waals surface area (Å²) in [6.07, 6.45) is 0. The van der Waals surface area contributed by atoms with E-state index in [4.69, 9.17) is 10.8 Å². The van der Waals surface area contributed by atoms with Gasteiger partial charge in [-0.3, -0.25) is 0 Å². The van der Waals surface area contributed by atoms with Crippen LogP contribution in [0, 0.1) is 19.7 Å². The smallest absolute Gasteiger partial charge is 0.348 e. The monoisotopic (exact) mass is 265 g/mol. The second-order valence-corrected chi connectivity index (χ2v) is 5.11. The Hall–Kier alpha value is -1.88. The summed E-state index contributed by atoms with van der Waals surface area (Å²) < 4.78 is 13.8. The average Bonchev–Trinajstić information content (AvgIpc) is 2.60. The molecule has 0 bridgehead atoms. The van der Waals surface area contributed by atoms with Crippen molar-refractivity contribution < 1.29 is 14.3 Å². The van der Waals surface area contributed by atoms with Gasteiger partial charge in [0, 0.05) is 10.4 Å². The Labute approximate surface area is 108 Å². The Morgan fingerprint density at radius 2 is 2.06 bits per heavy atom. The van der Waals surface area contributed by atoms with Crippen molar-refractivity contribution in [2.75, 3.05) is 5.73 Å². The number of aryl methyl sites for hydroxylation is 1. The van der Waals surface area contributed by atoms with Crippen LogP contribution in [0.1, 0.15) is 20.8 Å². The van der Waals surface area contributed by atoms with Crippen molar-refractivity contribution in [3.63, 3.8) is 0 Å². The second kappa shape index (κ2) is 4.42. The van der Waals surface area contributed by atoms with Crippen molar-refractivity contribution in [3.05, 3.63) is 40.0 Å². The molecule has 0 amide bonds. The lowest BCUT2D eigenvalue weighted by Gasteiger charge is -2.03. The van der Waals surface area contributed by atoms with Crippen molar-refractivity contribution in [3.8, 4) is 10.4 Å². The molecule has 2 rings (SSSR count). The minimum absolute atomic E-state index is 0.0587. The van der Waals surface area contributed by atoms with Crippen LogP contribution < -0.4 is 5.73 Å². The van der Waals surface area contributed by atoms with Gasteiger partial charge in [0.2, 0.25) is 0 Å². The number of halogens is 1. The molecule has 1 aromatic heterocycles. The maximum Gasteiger partial charge on any atom is 0.348 e. The molecular weight excluding hydrogens is 253 g/mol. The molecule has 0 saturated heterocycles. The minimum atomic E-state index is -1.08. The highest BCUT2D eigenvalue weighted by molar-refractivity contribution is 7.18. The van der Waals surface area contributed by atoms with E-state index >= 15 is 0 Å². The first-order valence-corrected chi connectivity index (χ1v) is 6.12. The summed E-state index contributed by atoms with van der Waals surface area (Å²) in [7, 11) is 0. The summed E-state index contributed by atoms with van der Waals surface area (Å²) in [5, 5.41) is 9.01. The highest BCUT2D eigenvalue weighted by Gasteiger charge is 2.20. The van der Waals surface area contributed by atoms with Gasteiger partial charge < -0.3 is 10.8 Å². The first kappa shape index (κ1) is 12.6. The fourth-order valence-corrected chi connectivity index (χ4v) is 2.84. The molecular formula is C13H12FNO2S. The summed E-state index contributed by atoms with van der Waals surface area (Å²) in [5.41, 5.74) is 7.87. The van der Waals surface area contributed by atoms with Crippen molar-refractivity contribution in [1.29, 1.82) is 0 Å². The Kier molecular flexibility index (Phi) is 3.09. The standard InChI is InChI=1S/C13H12FNO2S/c1-6-3-4-9(14)8(5-6)11-7(2)10(15)12(18-11)13(16)17/h3-5H,15H2,1-2H3,(H,16,17). The zero-order valence-corrected chi connectivity index (χ0v) is 10.8. The summed E-state index contributed by atoms with van der Waals surface area (Å²) in [6, 6.07) is 4.74. The lowest BCUT2D eigenvalue weighted by atomic mass is 10.1. The van der Waals surface area contributed by atoms with Gasteiger partial charge >= 0.3 is 5.97 Å². The van der Waals surface area contributed by atoms with Crippen LogP contribution in [0.4, 0.5) is 10.1 Å². The molecule has 18 heavy (non-hydrogen) atoms. The van der Waals surface area contributed by atoms with Gasteiger partial charge in [-0.2, -0.15) is 0 Å². The molecule has 2 aromatic rings. The van der Waals surface area contributed by atoms with Crippen molar-refractivity contribution in [2.45, 2.75) is 13.8 Å². The van der Waals surface area contributed by atoms with Gasteiger partial charge in [0.1, 0.15) is 10.7 Å². The van der Waals surface area contributed by atoms with E-state index in [1.54, 1.807) is 19.1 Å². The molecule has 0 radical (unpaired) electrons. The van der Waals surface area contributed by atoms with Gasteiger partial charge in [-0.25, -0.2) is 9.18 Å². The molecule has 1 heterocycles. The summed E-state index contributed by atoms with van der Waals surface area (Å²) in [4.78, 5) is 11.6. The predicted octanol–water partition coefficient (Wildman–Crippen LogP) is 3.45. The van der Waals surface area contributed by atoms with E-state index < -0.39 is 5.97 Å². The van der Waals surface area contributed by atoms with E-state index in [0.717, 1.165) is 16.9 Å². The van der Waals surface area contributed by atoms with E-state index in [1.165, 1.54) is 6.07 Å². The number of nitrogen functional groups attached to an aromatic ring is 1. The first-order valence-electron chi connectivity index (χ1n) is 5.30. The van der Waals surface area contributed by atoms with Gasteiger partial charge in [-0.1, -0.05) is 11.6 Å². The molecule has 94 valence electrons. The number of aromatic carboxylic acids is 1. The zero-order valence-electron chi connectivity index (χ0n) is 9.95. The predicted molar refractivity (Wildman–Crippen MR) is 70.6 cm³/mol. The zero-order chi connectivity index (χ0) is 13.4. The van der Waals surface area contributed by atoms with Crippen LogP contribution in [0.2, 0.25) is 0 Å². The third kappa shape index (κ3) is 1.97. The molecule has 0 aliphatic carbocycles. The van der Waals surface area contributed by atoms with Gasteiger partial charge in [-0.15, -0.1) is 11.3 Å². The van der Waals surface area contributed by atoms with Crippen LogP contribution in [-0.4, -0.2) is 11.1 Å². The van der Waals surface area contributed by atoms with Crippen LogP contribution >= 0.6 is 11.3 Å². The topological polar surface area (TPSA) is 63.3 Å². The maximum atomic E-state index is 13.8. The molecule has 5 heteroatoms. The number of anilines is 1. The van der Waals surface area contributed by atoms with Gasteiger partial charge in [0.25, 0.3) is 0 Å². The average molecular weight is 265 g/mol. The van der Waals surface area contributed by atoms with Gasteiger partial charge in [0.15, 0.2) is 0 Å². The highest BCUT2D eigenvalue weighted by Crippen LogP contribution is 2.39. The number of benzene rings is 1. The lowest BCUT2D eigenvalue weighted by molar-refractivity contribution is 0.0703. The molecule has 0 aliphatic rings. The van der Waals surface area contributed by atoms with Gasteiger partial charge in [0.05, 0.1) is 5.69 Å². The summed E-state index contributed by atoms with van der Waals surface area (Å²) in [6.45, 7) is 3.56. The lowest BCUT2D eigenvalue weighted by Crippen LogP contribution is -1.97. The van der Waals surface area contributed by atoms with Crippen LogP contribution in [0.5, 0.6) is 0 Å². The number of rotatable bonds is 2. The Morgan fingerprint density at radius 3 is 2.61 bits per heavy atom. The van der Waals surface area contributed by atoms with Crippen molar-refractivity contribution >= 4 is 23.0 Å². The number of hydrogen-bond donors (Lipinski definition) is 2. The number of carbonyl (C=O) groups is 1. The van der Waals surface area contributed by atoms with Crippen LogP contribution in [0.15, 0.2) is 18.2 Å². The Bertz CT molecular complexity index is 634. The molecule has 0 aliphatic heterocycles. The first-order chi connectivity index (χ1) is 8.41. The maximum absolute atomic E-state index is 13.8. The second-order valence-electron chi connectivity index (χ2n) is 4.09. The molecule has 0 fully saturated rings. The molecule has 3 nitrogen and oxygen atoms in total. The molecule has 0 unspecified atom stereocenters. The number of nitrogens with two attached hydrogens (primary N) is 1. The molecule has 3 N–H and O–H groups in total. The fraction of sp³-hybridized carbons (Fsp3) is 0.154. The summed E-state index contributed by atoms with van der Waals surface area (Å²) in [5.74, 6) is -1.46. The van der Waals surface area contributed by atoms with E-state index in [-0.39, 0.29) is 16.4 Å². The SMILES string of the molecule is Cc1ccc(F)c(-c2sc(C(=O)O)c(N)c2C)c1. The number of hydrogen-bond acceptors (Lipinski definition) is 3. The van der Waals surface area contributed by atoms with E-state index in [1.807, 2.05) is 6.92 Å². The van der Waals surface area contributed by atoms with E-state index in [2.05, 4.69) is 0 Å². The minimum Gasteiger partial charge on any atom is -0.477 e. The molecule has 0 atom stereocenters. The molecule has 1 aromatic carbocycles. The van der Waals surface area contributed by atoms with Crippen LogP contribution in [-0.2, 0) is 0 Å². The van der Waals surface area contributed by atoms with E-state index in [0.29, 0.717) is 16.0 Å². The largest absolute Gasteiger partial charge is 0.477 e. The van der Waals surface area contributed by atoms with Crippen molar-refractivity contribution in [1.82, 2.24) is 0 Å². The number of carboxylic acid groups (broad SMARTS) is 1. The third-order valence-electron chi connectivity index (χ3n) is 2.75. The van der Waals surface area contributed by atoms with Crippen LogP contribution in [0.3, 0.4) is 0 Å². The third-order valence-corrected chi connectivity index (χ3v) is 4.08. The highest BCUT2D eigenvalue weighted by atomic mass is 32.1. The van der Waals surface area contributed by atoms with Crippen LogP contribution in [0.25, 0.3) is 10.4 Å². The normalized spacial score (nSPS) is 10.6.